The van der Waals surface area contributed by atoms with Crippen LogP contribution in [0.25, 0.3) is 0 Å². The molecular formula is C22H25FN3O4+. The summed E-state index contributed by atoms with van der Waals surface area (Å²) >= 11 is 0. The molecule has 0 aliphatic carbocycles. The van der Waals surface area contributed by atoms with Gasteiger partial charge < -0.3 is 24.6 Å². The van der Waals surface area contributed by atoms with E-state index in [2.05, 4.69) is 5.32 Å². The lowest BCUT2D eigenvalue weighted by molar-refractivity contribution is -0.917. The number of piperazine rings is 1. The fraction of sp³-hybridized carbons (Fsp3) is 0.364. The third-order valence-corrected chi connectivity index (χ3v) is 5.62. The van der Waals surface area contributed by atoms with Gasteiger partial charge in [0.25, 0.3) is 11.8 Å². The molecule has 2 amide bonds. The second-order valence-electron chi connectivity index (χ2n) is 7.57. The van der Waals surface area contributed by atoms with Crippen molar-refractivity contribution in [2.75, 3.05) is 38.1 Å². The average Bonchev–Trinajstić information content (AvgIpc) is 2.79. The number of carbonyl (C=O) groups is 2. The normalized spacial score (nSPS) is 19.8. The van der Waals surface area contributed by atoms with Crippen molar-refractivity contribution >= 4 is 17.5 Å². The fourth-order valence-electron chi connectivity index (χ4n) is 3.76. The predicted molar refractivity (Wildman–Crippen MR) is 108 cm³/mol. The molecule has 2 aromatic rings. The van der Waals surface area contributed by atoms with E-state index in [1.54, 1.807) is 11.0 Å². The number of halogens is 1. The SMILES string of the molecule is C[C@H](C(=O)Nc1ccc(F)cc1)[NH+]1CCN(C(=O)[C@@H]2COc3ccccc3O2)CC1. The van der Waals surface area contributed by atoms with Crippen LogP contribution in [0.4, 0.5) is 10.1 Å². The minimum absolute atomic E-state index is 0.0908. The molecule has 2 N–H and O–H groups in total. The maximum Gasteiger partial charge on any atom is 0.282 e. The minimum Gasteiger partial charge on any atom is -0.485 e. The van der Waals surface area contributed by atoms with Gasteiger partial charge in [-0.1, -0.05) is 12.1 Å². The van der Waals surface area contributed by atoms with Gasteiger partial charge in [0, 0.05) is 5.69 Å². The van der Waals surface area contributed by atoms with Gasteiger partial charge in [-0.2, -0.15) is 0 Å². The van der Waals surface area contributed by atoms with Gasteiger partial charge in [0.2, 0.25) is 6.10 Å². The maximum atomic E-state index is 13.0. The first-order valence-corrected chi connectivity index (χ1v) is 10.1. The molecule has 7 nitrogen and oxygen atoms in total. The van der Waals surface area contributed by atoms with Crippen LogP contribution in [0.1, 0.15) is 6.92 Å². The molecular weight excluding hydrogens is 389 g/mol. The van der Waals surface area contributed by atoms with E-state index in [1.165, 1.54) is 24.3 Å². The molecule has 2 aliphatic rings. The zero-order valence-electron chi connectivity index (χ0n) is 16.8. The van der Waals surface area contributed by atoms with Crippen molar-refractivity contribution in [2.45, 2.75) is 19.1 Å². The predicted octanol–water partition coefficient (Wildman–Crippen LogP) is 0.720. The van der Waals surface area contributed by atoms with E-state index in [0.717, 1.165) is 4.90 Å². The highest BCUT2D eigenvalue weighted by atomic mass is 19.1. The molecule has 1 saturated heterocycles. The topological polar surface area (TPSA) is 72.3 Å². The Hall–Kier alpha value is -3.13. The van der Waals surface area contributed by atoms with Crippen LogP contribution in [0.5, 0.6) is 11.5 Å². The highest BCUT2D eigenvalue weighted by Gasteiger charge is 2.35. The molecule has 2 heterocycles. The van der Waals surface area contributed by atoms with Crippen LogP contribution in [0.15, 0.2) is 48.5 Å². The van der Waals surface area contributed by atoms with E-state index in [1.807, 2.05) is 25.1 Å². The summed E-state index contributed by atoms with van der Waals surface area (Å²) in [5, 5.41) is 2.82. The van der Waals surface area contributed by atoms with Crippen molar-refractivity contribution in [2.24, 2.45) is 0 Å². The van der Waals surface area contributed by atoms with E-state index in [-0.39, 0.29) is 30.3 Å². The number of para-hydroxylation sites is 2. The molecule has 1 fully saturated rings. The summed E-state index contributed by atoms with van der Waals surface area (Å²) < 4.78 is 24.5. The Bertz CT molecular complexity index is 913. The van der Waals surface area contributed by atoms with Crippen LogP contribution in [0.2, 0.25) is 0 Å². The summed E-state index contributed by atoms with van der Waals surface area (Å²) in [6.45, 7) is 4.47. The number of quaternary nitrogens is 1. The summed E-state index contributed by atoms with van der Waals surface area (Å²) in [5.74, 6) is 0.668. The number of ether oxygens (including phenoxy) is 2. The van der Waals surface area contributed by atoms with E-state index >= 15 is 0 Å². The number of rotatable bonds is 4. The minimum atomic E-state index is -0.652. The lowest BCUT2D eigenvalue weighted by Crippen LogP contribution is -3.19. The van der Waals surface area contributed by atoms with E-state index in [0.29, 0.717) is 43.4 Å². The van der Waals surface area contributed by atoms with Crippen molar-refractivity contribution in [3.8, 4) is 11.5 Å². The first-order chi connectivity index (χ1) is 14.5. The Morgan fingerprint density at radius 2 is 1.77 bits per heavy atom. The number of amides is 2. The number of hydrogen-bond acceptors (Lipinski definition) is 4. The highest BCUT2D eigenvalue weighted by Crippen LogP contribution is 2.31. The number of anilines is 1. The number of hydrogen-bond donors (Lipinski definition) is 2. The molecule has 0 bridgehead atoms. The average molecular weight is 414 g/mol. The summed E-state index contributed by atoms with van der Waals surface area (Å²) in [6, 6.07) is 12.7. The fourth-order valence-corrected chi connectivity index (χ4v) is 3.76. The zero-order chi connectivity index (χ0) is 21.1. The third kappa shape index (κ3) is 4.38. The van der Waals surface area contributed by atoms with E-state index in [4.69, 9.17) is 9.47 Å². The van der Waals surface area contributed by atoms with E-state index < -0.39 is 6.10 Å². The standard InChI is InChI=1S/C22H24FN3O4/c1-15(21(27)24-17-8-6-16(23)7-9-17)25-10-12-26(13-11-25)22(28)20-14-29-18-4-2-3-5-19(18)30-20/h2-9,15,20H,10-14H2,1H3,(H,24,27)/p+1/t15-,20+/m1/s1. The number of benzene rings is 2. The lowest BCUT2D eigenvalue weighted by Gasteiger charge is -2.36. The quantitative estimate of drug-likeness (QED) is 0.774. The van der Waals surface area contributed by atoms with Gasteiger partial charge in [-0.25, -0.2) is 4.39 Å². The van der Waals surface area contributed by atoms with Crippen LogP contribution in [0, 0.1) is 5.82 Å². The largest absolute Gasteiger partial charge is 0.485 e. The van der Waals surface area contributed by atoms with Crippen molar-refractivity contribution in [3.05, 3.63) is 54.3 Å². The summed E-state index contributed by atoms with van der Waals surface area (Å²) in [5.41, 5.74) is 0.566. The van der Waals surface area contributed by atoms with Crippen LogP contribution < -0.4 is 19.7 Å². The van der Waals surface area contributed by atoms with E-state index in [9.17, 15) is 14.0 Å². The van der Waals surface area contributed by atoms with Gasteiger partial charge in [-0.15, -0.1) is 0 Å². The Morgan fingerprint density at radius 1 is 1.10 bits per heavy atom. The van der Waals surface area contributed by atoms with Gasteiger partial charge >= 0.3 is 0 Å². The first kappa shape index (κ1) is 20.2. The smallest absolute Gasteiger partial charge is 0.282 e. The molecule has 0 unspecified atom stereocenters. The first-order valence-electron chi connectivity index (χ1n) is 10.1. The third-order valence-electron chi connectivity index (χ3n) is 5.62. The Morgan fingerprint density at radius 3 is 2.47 bits per heavy atom. The van der Waals surface area contributed by atoms with Crippen molar-refractivity contribution in [1.82, 2.24) is 4.90 Å². The molecule has 0 aromatic heterocycles. The molecule has 2 aliphatic heterocycles. The molecule has 0 spiro atoms. The maximum absolute atomic E-state index is 13.0. The molecule has 0 saturated carbocycles. The number of fused-ring (bicyclic) bond motifs is 1. The van der Waals surface area contributed by atoms with Crippen LogP contribution in [-0.4, -0.2) is 61.6 Å². The van der Waals surface area contributed by atoms with Gasteiger partial charge in [0.15, 0.2) is 17.5 Å². The van der Waals surface area contributed by atoms with Crippen molar-refractivity contribution in [3.63, 3.8) is 0 Å². The second kappa shape index (κ2) is 8.71. The van der Waals surface area contributed by atoms with Crippen LogP contribution in [0.3, 0.4) is 0 Å². The summed E-state index contributed by atoms with van der Waals surface area (Å²) in [7, 11) is 0. The molecule has 8 heteroatoms. The Labute approximate surface area is 174 Å². The van der Waals surface area contributed by atoms with Crippen LogP contribution >= 0.6 is 0 Å². The Balaban J connectivity index is 1.28. The molecule has 2 atom stereocenters. The summed E-state index contributed by atoms with van der Waals surface area (Å²) in [6.07, 6.45) is -0.652. The lowest BCUT2D eigenvalue weighted by atomic mass is 10.2. The Kier molecular flexibility index (Phi) is 5.85. The zero-order valence-corrected chi connectivity index (χ0v) is 16.8. The number of nitrogens with zero attached hydrogens (tertiary/aromatic N) is 1. The van der Waals surface area contributed by atoms with Gasteiger partial charge in [0.1, 0.15) is 12.4 Å². The molecule has 158 valence electrons. The molecule has 4 rings (SSSR count). The number of carbonyl (C=O) groups excluding carboxylic acids is 2. The second-order valence-corrected chi connectivity index (χ2v) is 7.57. The highest BCUT2D eigenvalue weighted by molar-refractivity contribution is 5.93. The number of nitrogens with one attached hydrogen (secondary N) is 2. The van der Waals surface area contributed by atoms with Gasteiger partial charge in [-0.3, -0.25) is 9.59 Å². The molecule has 0 radical (unpaired) electrons. The van der Waals surface area contributed by atoms with Gasteiger partial charge in [-0.05, 0) is 43.3 Å². The summed E-state index contributed by atoms with van der Waals surface area (Å²) in [4.78, 5) is 28.3. The van der Waals surface area contributed by atoms with Gasteiger partial charge in [0.05, 0.1) is 26.2 Å². The van der Waals surface area contributed by atoms with Crippen molar-refractivity contribution < 1.29 is 28.4 Å². The van der Waals surface area contributed by atoms with Crippen molar-refractivity contribution in [1.29, 1.82) is 0 Å². The molecule has 2 aromatic carbocycles. The monoisotopic (exact) mass is 414 g/mol. The molecule has 30 heavy (non-hydrogen) atoms. The van der Waals surface area contributed by atoms with Crippen LogP contribution in [-0.2, 0) is 9.59 Å².